The molecular weight excluding hydrogens is 460 g/mol. The van der Waals surface area contributed by atoms with Crippen LogP contribution in [0.3, 0.4) is 0 Å². The molecule has 0 radical (unpaired) electrons. The highest BCUT2D eigenvalue weighted by Crippen LogP contribution is 2.36. The zero-order valence-corrected chi connectivity index (χ0v) is 20.1. The zero-order chi connectivity index (χ0) is 22.9. The Hall–Kier alpha value is -2.85. The molecule has 3 heterocycles. The molecule has 0 spiro atoms. The monoisotopic (exact) mass is 484 g/mol. The summed E-state index contributed by atoms with van der Waals surface area (Å²) >= 11 is 2.92. The van der Waals surface area contributed by atoms with Crippen molar-refractivity contribution < 1.29 is 14.3 Å². The molecule has 1 aromatic carbocycles. The minimum absolute atomic E-state index is 0.0867. The normalized spacial score (nSPS) is 13.8. The largest absolute Gasteiger partial charge is 0.497 e. The van der Waals surface area contributed by atoms with Gasteiger partial charge < -0.3 is 9.47 Å². The first-order chi connectivity index (χ1) is 16.1. The molecule has 172 valence electrons. The predicted molar refractivity (Wildman–Crippen MR) is 129 cm³/mol. The van der Waals surface area contributed by atoms with E-state index in [1.54, 1.807) is 29.9 Å². The number of rotatable bonds is 6. The molecular formula is C23H24N4O4S2. The van der Waals surface area contributed by atoms with E-state index in [-0.39, 0.29) is 17.3 Å². The van der Waals surface area contributed by atoms with Gasteiger partial charge in [0, 0.05) is 4.88 Å². The van der Waals surface area contributed by atoms with Crippen molar-refractivity contribution in [3.63, 3.8) is 0 Å². The number of aryl methyl sites for hydroxylation is 2. The Labute approximate surface area is 198 Å². The van der Waals surface area contributed by atoms with Crippen LogP contribution in [-0.2, 0) is 22.4 Å². The van der Waals surface area contributed by atoms with Crippen LogP contribution in [0.25, 0.3) is 21.7 Å². The lowest BCUT2D eigenvalue weighted by molar-refractivity contribution is -0.139. The fourth-order valence-corrected chi connectivity index (χ4v) is 6.45. The standard InChI is InChI=1S/C23H24N4O4S2/c1-3-31-18(28)13-32-23-25-24-22-26(14-9-11-15(30-2)12-10-14)20(29)19-16-7-5-4-6-8-17(16)33-21(19)27(22)23/h9-12H,3-8,13H2,1-2H3. The van der Waals surface area contributed by atoms with Gasteiger partial charge in [0.1, 0.15) is 10.6 Å². The minimum Gasteiger partial charge on any atom is -0.497 e. The number of carbonyl (C=O) groups excluding carboxylic acids is 1. The van der Waals surface area contributed by atoms with E-state index in [1.165, 1.54) is 23.1 Å². The summed E-state index contributed by atoms with van der Waals surface area (Å²) in [6, 6.07) is 7.33. The van der Waals surface area contributed by atoms with E-state index in [0.29, 0.717) is 29.0 Å². The van der Waals surface area contributed by atoms with Gasteiger partial charge in [-0.05, 0) is 62.4 Å². The molecule has 5 rings (SSSR count). The van der Waals surface area contributed by atoms with Crippen molar-refractivity contribution in [1.29, 1.82) is 0 Å². The lowest BCUT2D eigenvalue weighted by Gasteiger charge is -2.11. The summed E-state index contributed by atoms with van der Waals surface area (Å²) < 4.78 is 13.9. The second kappa shape index (κ2) is 9.18. The number of thiophene rings is 1. The highest BCUT2D eigenvalue weighted by Gasteiger charge is 2.25. The van der Waals surface area contributed by atoms with Crippen LogP contribution in [0.5, 0.6) is 5.75 Å². The Morgan fingerprint density at radius 2 is 1.94 bits per heavy atom. The number of hydrogen-bond acceptors (Lipinski definition) is 8. The van der Waals surface area contributed by atoms with Crippen LogP contribution in [0.2, 0.25) is 0 Å². The van der Waals surface area contributed by atoms with Crippen molar-refractivity contribution in [2.45, 2.75) is 44.2 Å². The molecule has 4 aromatic rings. The van der Waals surface area contributed by atoms with E-state index in [0.717, 1.165) is 41.5 Å². The number of methoxy groups -OCH3 is 1. The maximum atomic E-state index is 13.9. The number of benzene rings is 1. The van der Waals surface area contributed by atoms with E-state index < -0.39 is 0 Å². The van der Waals surface area contributed by atoms with Crippen LogP contribution >= 0.6 is 23.1 Å². The van der Waals surface area contributed by atoms with Crippen LogP contribution in [0.4, 0.5) is 0 Å². The number of hydrogen-bond donors (Lipinski definition) is 0. The topological polar surface area (TPSA) is 87.7 Å². The van der Waals surface area contributed by atoms with Crippen molar-refractivity contribution in [3.8, 4) is 11.4 Å². The van der Waals surface area contributed by atoms with Gasteiger partial charge in [0.15, 0.2) is 5.16 Å². The van der Waals surface area contributed by atoms with Crippen LogP contribution < -0.4 is 10.3 Å². The summed E-state index contributed by atoms with van der Waals surface area (Å²) in [4.78, 5) is 28.0. The molecule has 0 saturated heterocycles. The average molecular weight is 485 g/mol. The first-order valence-electron chi connectivity index (χ1n) is 11.0. The molecule has 1 aliphatic rings. The Bertz CT molecular complexity index is 1390. The first-order valence-corrected chi connectivity index (χ1v) is 12.8. The lowest BCUT2D eigenvalue weighted by Crippen LogP contribution is -2.22. The Morgan fingerprint density at radius 3 is 2.70 bits per heavy atom. The van der Waals surface area contributed by atoms with Gasteiger partial charge in [-0.2, -0.15) is 0 Å². The molecule has 8 nitrogen and oxygen atoms in total. The van der Waals surface area contributed by atoms with Crippen molar-refractivity contribution in [2.75, 3.05) is 19.5 Å². The summed E-state index contributed by atoms with van der Waals surface area (Å²) in [5.74, 6) is 0.963. The summed E-state index contributed by atoms with van der Waals surface area (Å²) in [5.41, 5.74) is 1.75. The third-order valence-electron chi connectivity index (χ3n) is 5.79. The highest BCUT2D eigenvalue weighted by molar-refractivity contribution is 7.99. The maximum absolute atomic E-state index is 13.9. The fraction of sp³-hybridized carbons (Fsp3) is 0.391. The molecule has 0 N–H and O–H groups in total. The summed E-state index contributed by atoms with van der Waals surface area (Å²) in [6.45, 7) is 2.11. The van der Waals surface area contributed by atoms with Gasteiger partial charge in [0.25, 0.3) is 5.56 Å². The van der Waals surface area contributed by atoms with Crippen molar-refractivity contribution in [3.05, 3.63) is 45.1 Å². The lowest BCUT2D eigenvalue weighted by atomic mass is 10.1. The van der Waals surface area contributed by atoms with E-state index in [9.17, 15) is 9.59 Å². The van der Waals surface area contributed by atoms with Gasteiger partial charge in [-0.1, -0.05) is 18.2 Å². The van der Waals surface area contributed by atoms with Gasteiger partial charge in [-0.3, -0.25) is 9.59 Å². The highest BCUT2D eigenvalue weighted by atomic mass is 32.2. The summed E-state index contributed by atoms with van der Waals surface area (Å²) in [7, 11) is 1.61. The number of ether oxygens (including phenoxy) is 2. The average Bonchev–Trinajstić information content (AvgIpc) is 3.32. The molecule has 0 aliphatic heterocycles. The van der Waals surface area contributed by atoms with E-state index in [4.69, 9.17) is 9.47 Å². The Kier molecular flexibility index (Phi) is 6.11. The second-order valence-electron chi connectivity index (χ2n) is 7.79. The SMILES string of the molecule is CCOC(=O)CSc1nnc2n(-c3ccc(OC)cc3)c(=O)c3c4c(sc3n12)CCCCC4. The first kappa shape index (κ1) is 22.0. The third-order valence-corrected chi connectivity index (χ3v) is 7.97. The maximum Gasteiger partial charge on any atom is 0.316 e. The van der Waals surface area contributed by atoms with Crippen LogP contribution in [0.1, 0.15) is 36.6 Å². The fourth-order valence-electron chi connectivity index (χ4n) is 4.28. The molecule has 33 heavy (non-hydrogen) atoms. The molecule has 0 bridgehead atoms. The van der Waals surface area contributed by atoms with Crippen molar-refractivity contribution in [1.82, 2.24) is 19.2 Å². The molecule has 0 fully saturated rings. The molecule has 1 aliphatic carbocycles. The van der Waals surface area contributed by atoms with Gasteiger partial charge in [-0.25, -0.2) is 8.97 Å². The van der Waals surface area contributed by atoms with Crippen LogP contribution in [-0.4, -0.2) is 44.6 Å². The van der Waals surface area contributed by atoms with Crippen LogP contribution in [0, 0.1) is 0 Å². The number of aromatic nitrogens is 4. The van der Waals surface area contributed by atoms with E-state index in [2.05, 4.69) is 10.2 Å². The molecule has 0 saturated carbocycles. The molecule has 0 unspecified atom stereocenters. The molecule has 10 heteroatoms. The molecule has 3 aromatic heterocycles. The van der Waals surface area contributed by atoms with E-state index in [1.807, 2.05) is 28.7 Å². The number of carbonyl (C=O) groups is 1. The summed E-state index contributed by atoms with van der Waals surface area (Å²) in [6.07, 6.45) is 5.25. The number of esters is 1. The quantitative estimate of drug-likeness (QED) is 0.232. The smallest absolute Gasteiger partial charge is 0.316 e. The van der Waals surface area contributed by atoms with Gasteiger partial charge in [0.2, 0.25) is 5.78 Å². The Balaban J connectivity index is 1.76. The van der Waals surface area contributed by atoms with Crippen molar-refractivity contribution >= 4 is 45.1 Å². The van der Waals surface area contributed by atoms with E-state index >= 15 is 0 Å². The predicted octanol–water partition coefficient (Wildman–Crippen LogP) is 4.03. The van der Waals surface area contributed by atoms with Crippen LogP contribution in [0.15, 0.2) is 34.2 Å². The van der Waals surface area contributed by atoms with Gasteiger partial charge in [0.05, 0.1) is 30.5 Å². The number of nitrogens with zero attached hydrogens (tertiary/aromatic N) is 4. The number of fused-ring (bicyclic) bond motifs is 5. The second-order valence-corrected chi connectivity index (χ2v) is 9.82. The number of thioether (sulfide) groups is 1. The third kappa shape index (κ3) is 3.91. The molecule has 0 atom stereocenters. The van der Waals surface area contributed by atoms with Gasteiger partial charge >= 0.3 is 5.97 Å². The minimum atomic E-state index is -0.305. The molecule has 0 amide bonds. The van der Waals surface area contributed by atoms with Gasteiger partial charge in [-0.15, -0.1) is 21.5 Å². The zero-order valence-electron chi connectivity index (χ0n) is 18.5. The Morgan fingerprint density at radius 1 is 1.15 bits per heavy atom. The summed E-state index contributed by atoms with van der Waals surface area (Å²) in [5, 5.41) is 10.0. The van der Waals surface area contributed by atoms with Crippen molar-refractivity contribution in [2.24, 2.45) is 0 Å².